The Morgan fingerprint density at radius 1 is 1.29 bits per heavy atom. The molecule has 0 radical (unpaired) electrons. The summed E-state index contributed by atoms with van der Waals surface area (Å²) in [4.78, 5) is 0. The molecule has 6 heteroatoms. The van der Waals surface area contributed by atoms with E-state index in [1.807, 2.05) is 25.1 Å². The van der Waals surface area contributed by atoms with Crippen LogP contribution in [0.3, 0.4) is 0 Å². The molecule has 1 aromatic rings. The van der Waals surface area contributed by atoms with E-state index in [1.54, 1.807) is 14.2 Å². The quantitative estimate of drug-likeness (QED) is 0.480. The molecule has 3 N–H and O–H groups in total. The van der Waals surface area contributed by atoms with E-state index in [4.69, 9.17) is 15.2 Å². The lowest BCUT2D eigenvalue weighted by Crippen LogP contribution is -2.25. The van der Waals surface area contributed by atoms with Crippen molar-refractivity contribution < 1.29 is 9.47 Å². The number of nitrogens with zero attached hydrogens (tertiary/aromatic N) is 1. The largest absolute Gasteiger partial charge is 0.496 e. The second-order valence-corrected chi connectivity index (χ2v) is 3.65. The van der Waals surface area contributed by atoms with E-state index < -0.39 is 0 Å². The van der Waals surface area contributed by atoms with E-state index in [0.29, 0.717) is 17.2 Å². The molecular weight excluding hydrogens is 238 g/mol. The Labute approximate surface area is 106 Å². The molecule has 0 unspecified atom stereocenters. The van der Waals surface area contributed by atoms with Gasteiger partial charge in [0.25, 0.3) is 0 Å². The highest BCUT2D eigenvalue weighted by Gasteiger charge is 2.12. The second kappa shape index (κ2) is 6.05. The molecule has 0 heterocycles. The van der Waals surface area contributed by atoms with Crippen molar-refractivity contribution in [1.82, 2.24) is 5.43 Å². The summed E-state index contributed by atoms with van der Waals surface area (Å²) in [5, 5.41) is 4.16. The first kappa shape index (κ1) is 13.2. The van der Waals surface area contributed by atoms with E-state index in [2.05, 4.69) is 22.7 Å². The molecule has 0 atom stereocenters. The number of rotatable bonds is 4. The first-order valence-corrected chi connectivity index (χ1v) is 5.32. The number of hydrazone groups is 1. The van der Waals surface area contributed by atoms with Crippen LogP contribution in [0, 0.1) is 0 Å². The van der Waals surface area contributed by atoms with Gasteiger partial charge in [0.05, 0.1) is 25.5 Å². The highest BCUT2D eigenvalue weighted by molar-refractivity contribution is 7.80. The SMILES string of the molecule is COc1cccc(OC)c1/C(C)=N/NC(N)=S. The van der Waals surface area contributed by atoms with Crippen molar-refractivity contribution in [2.24, 2.45) is 10.8 Å². The molecule has 0 aliphatic rings. The maximum Gasteiger partial charge on any atom is 0.184 e. The summed E-state index contributed by atoms with van der Waals surface area (Å²) in [7, 11) is 3.18. The third kappa shape index (κ3) is 3.32. The van der Waals surface area contributed by atoms with Crippen LogP contribution in [-0.2, 0) is 0 Å². The van der Waals surface area contributed by atoms with Gasteiger partial charge in [-0.2, -0.15) is 5.10 Å². The van der Waals surface area contributed by atoms with Gasteiger partial charge in [-0.15, -0.1) is 0 Å². The van der Waals surface area contributed by atoms with E-state index >= 15 is 0 Å². The average molecular weight is 253 g/mol. The highest BCUT2D eigenvalue weighted by atomic mass is 32.1. The van der Waals surface area contributed by atoms with Gasteiger partial charge in [0.2, 0.25) is 0 Å². The first-order chi connectivity index (χ1) is 8.10. The number of hydrogen-bond donors (Lipinski definition) is 2. The number of benzene rings is 1. The molecule has 0 saturated heterocycles. The summed E-state index contributed by atoms with van der Waals surface area (Å²) in [6, 6.07) is 5.50. The summed E-state index contributed by atoms with van der Waals surface area (Å²) in [6.07, 6.45) is 0. The Hall–Kier alpha value is -1.82. The van der Waals surface area contributed by atoms with Gasteiger partial charge in [-0.1, -0.05) is 6.07 Å². The lowest BCUT2D eigenvalue weighted by atomic mass is 10.1. The van der Waals surface area contributed by atoms with Crippen molar-refractivity contribution in [3.8, 4) is 11.5 Å². The van der Waals surface area contributed by atoms with Gasteiger partial charge in [-0.05, 0) is 31.3 Å². The maximum absolute atomic E-state index is 5.31. The molecule has 0 bridgehead atoms. The van der Waals surface area contributed by atoms with Crippen LogP contribution in [0.2, 0.25) is 0 Å². The second-order valence-electron chi connectivity index (χ2n) is 3.21. The summed E-state index contributed by atoms with van der Waals surface area (Å²) >= 11 is 4.68. The lowest BCUT2D eigenvalue weighted by molar-refractivity contribution is 0.392. The van der Waals surface area contributed by atoms with E-state index in [9.17, 15) is 0 Å². The fourth-order valence-corrected chi connectivity index (χ4v) is 1.45. The summed E-state index contributed by atoms with van der Waals surface area (Å²) in [5.74, 6) is 1.35. The van der Waals surface area contributed by atoms with Crippen LogP contribution in [-0.4, -0.2) is 25.0 Å². The monoisotopic (exact) mass is 253 g/mol. The molecule has 92 valence electrons. The van der Waals surface area contributed by atoms with Gasteiger partial charge >= 0.3 is 0 Å². The summed E-state index contributed by atoms with van der Waals surface area (Å²) in [6.45, 7) is 1.81. The first-order valence-electron chi connectivity index (χ1n) is 4.91. The predicted octanol–water partition coefficient (Wildman–Crippen LogP) is 1.26. The van der Waals surface area contributed by atoms with Crippen molar-refractivity contribution in [1.29, 1.82) is 0 Å². The maximum atomic E-state index is 5.31. The Morgan fingerprint density at radius 3 is 2.24 bits per heavy atom. The van der Waals surface area contributed by atoms with Crippen molar-refractivity contribution in [3.05, 3.63) is 23.8 Å². The molecule has 0 aromatic heterocycles. The van der Waals surface area contributed by atoms with Crippen molar-refractivity contribution >= 4 is 23.0 Å². The Bertz CT molecular complexity index is 424. The van der Waals surface area contributed by atoms with E-state index in [1.165, 1.54) is 0 Å². The van der Waals surface area contributed by atoms with Gasteiger partial charge in [-0.3, -0.25) is 5.43 Å². The van der Waals surface area contributed by atoms with Crippen LogP contribution >= 0.6 is 12.2 Å². The molecule has 0 saturated carbocycles. The smallest absolute Gasteiger partial charge is 0.184 e. The zero-order chi connectivity index (χ0) is 12.8. The number of methoxy groups -OCH3 is 2. The minimum Gasteiger partial charge on any atom is -0.496 e. The molecule has 1 rings (SSSR count). The Kier molecular flexibility index (Phi) is 4.71. The van der Waals surface area contributed by atoms with Crippen molar-refractivity contribution in [2.75, 3.05) is 14.2 Å². The Balaban J connectivity index is 3.17. The molecule has 0 spiro atoms. The predicted molar refractivity (Wildman–Crippen MR) is 71.7 cm³/mol. The van der Waals surface area contributed by atoms with Crippen LogP contribution in [0.5, 0.6) is 11.5 Å². The van der Waals surface area contributed by atoms with E-state index in [0.717, 1.165) is 5.56 Å². The van der Waals surface area contributed by atoms with Crippen molar-refractivity contribution in [3.63, 3.8) is 0 Å². The molecule has 5 nitrogen and oxygen atoms in total. The molecular formula is C11H15N3O2S. The number of nitrogens with one attached hydrogen (secondary N) is 1. The summed E-state index contributed by atoms with van der Waals surface area (Å²) in [5.41, 5.74) is 9.28. The van der Waals surface area contributed by atoms with Crippen LogP contribution in [0.4, 0.5) is 0 Å². The number of hydrogen-bond acceptors (Lipinski definition) is 4. The van der Waals surface area contributed by atoms with Crippen LogP contribution in [0.1, 0.15) is 12.5 Å². The van der Waals surface area contributed by atoms with Gasteiger partial charge in [0.15, 0.2) is 5.11 Å². The topological polar surface area (TPSA) is 68.9 Å². The highest BCUT2D eigenvalue weighted by Crippen LogP contribution is 2.28. The fourth-order valence-electron chi connectivity index (χ4n) is 1.40. The normalized spacial score (nSPS) is 10.9. The van der Waals surface area contributed by atoms with Gasteiger partial charge in [0, 0.05) is 0 Å². The zero-order valence-electron chi connectivity index (χ0n) is 9.98. The molecule has 1 aromatic carbocycles. The zero-order valence-corrected chi connectivity index (χ0v) is 10.8. The molecule has 0 aliphatic carbocycles. The van der Waals surface area contributed by atoms with E-state index in [-0.39, 0.29) is 5.11 Å². The third-order valence-corrected chi connectivity index (χ3v) is 2.21. The van der Waals surface area contributed by atoms with Crippen LogP contribution < -0.4 is 20.6 Å². The molecule has 0 amide bonds. The van der Waals surface area contributed by atoms with Crippen LogP contribution in [0.15, 0.2) is 23.3 Å². The molecule has 0 aliphatic heterocycles. The van der Waals surface area contributed by atoms with Gasteiger partial charge < -0.3 is 15.2 Å². The Morgan fingerprint density at radius 2 is 1.82 bits per heavy atom. The van der Waals surface area contributed by atoms with Crippen molar-refractivity contribution in [2.45, 2.75) is 6.92 Å². The minimum atomic E-state index is 0.109. The number of nitrogens with two attached hydrogens (primary N) is 1. The standard InChI is InChI=1S/C11H15N3O2S/c1-7(13-14-11(12)17)10-8(15-2)5-4-6-9(10)16-3/h4-6H,1-3H3,(H3,12,14,17)/b13-7+. The summed E-state index contributed by atoms with van der Waals surface area (Å²) < 4.78 is 10.5. The average Bonchev–Trinajstić information content (AvgIpc) is 2.34. The van der Waals surface area contributed by atoms with Gasteiger partial charge in [0.1, 0.15) is 11.5 Å². The molecule has 17 heavy (non-hydrogen) atoms. The molecule has 0 fully saturated rings. The van der Waals surface area contributed by atoms with Crippen LogP contribution in [0.25, 0.3) is 0 Å². The van der Waals surface area contributed by atoms with Gasteiger partial charge in [-0.25, -0.2) is 0 Å². The third-order valence-electron chi connectivity index (χ3n) is 2.12. The minimum absolute atomic E-state index is 0.109. The fraction of sp³-hybridized carbons (Fsp3) is 0.273. The number of ether oxygens (including phenoxy) is 2. The number of thiocarbonyl (C=S) groups is 1. The lowest BCUT2D eigenvalue weighted by Gasteiger charge is -2.12.